The van der Waals surface area contributed by atoms with Gasteiger partial charge in [0.25, 0.3) is 0 Å². The molecule has 1 rings (SSSR count). The summed E-state index contributed by atoms with van der Waals surface area (Å²) in [5.74, 6) is -0.241. The molecule has 21 heavy (non-hydrogen) atoms. The van der Waals surface area contributed by atoms with Crippen LogP contribution in [0.4, 0.5) is 0 Å². The lowest BCUT2D eigenvalue weighted by Gasteiger charge is -2.30. The fraction of sp³-hybridized carbons (Fsp3) is 0.556. The highest BCUT2D eigenvalue weighted by atomic mass is 16.6. The Morgan fingerprint density at radius 3 is 1.95 bits per heavy atom. The minimum absolute atomic E-state index is 0.218. The van der Waals surface area contributed by atoms with Crippen LogP contribution in [0.5, 0.6) is 0 Å². The van der Waals surface area contributed by atoms with E-state index >= 15 is 0 Å². The van der Waals surface area contributed by atoms with Crippen molar-refractivity contribution in [3.63, 3.8) is 0 Å². The molecule has 0 radical (unpaired) electrons. The Labute approximate surface area is 128 Å². The summed E-state index contributed by atoms with van der Waals surface area (Å²) in [6.45, 7) is 13.5. The lowest BCUT2D eigenvalue weighted by molar-refractivity contribution is -0.162. The van der Waals surface area contributed by atoms with Crippen molar-refractivity contribution in [2.75, 3.05) is 0 Å². The molecule has 0 N–H and O–H groups in total. The molecule has 0 saturated carbocycles. The van der Waals surface area contributed by atoms with E-state index in [4.69, 9.17) is 4.74 Å². The molecule has 1 aromatic carbocycles. The lowest BCUT2D eigenvalue weighted by Crippen LogP contribution is -2.36. The highest BCUT2D eigenvalue weighted by Gasteiger charge is 2.34. The van der Waals surface area contributed by atoms with Gasteiger partial charge in [-0.15, -0.1) is 0 Å². The highest BCUT2D eigenvalue weighted by molar-refractivity contribution is 5.81. The van der Waals surface area contributed by atoms with Gasteiger partial charge in [0.2, 0.25) is 0 Å². The number of carbonyl (C=O) groups excluding carboxylic acids is 1. The first kappa shape index (κ1) is 17.4. The van der Waals surface area contributed by atoms with Crippen LogP contribution >= 0.6 is 0 Å². The van der Waals surface area contributed by atoms with E-state index in [0.29, 0.717) is 0 Å². The molecule has 0 fully saturated rings. The van der Waals surface area contributed by atoms with Gasteiger partial charge >= 0.3 is 5.97 Å². The second kappa shape index (κ2) is 6.00. The van der Waals surface area contributed by atoms with Crippen molar-refractivity contribution in [3.05, 3.63) is 35.9 Å². The molecule has 0 amide bonds. The molecule has 1 atom stereocenters. The average molecular weight is 289 g/mol. The van der Waals surface area contributed by atoms with Gasteiger partial charge < -0.3 is 4.74 Å². The molecule has 0 spiro atoms. The lowest BCUT2D eigenvalue weighted by atomic mass is 9.93. The minimum atomic E-state index is -0.862. The van der Waals surface area contributed by atoms with Crippen LogP contribution in [0.2, 0.25) is 0 Å². The first-order chi connectivity index (χ1) is 9.44. The summed E-state index contributed by atoms with van der Waals surface area (Å²) in [5, 5.41) is 0. The quantitative estimate of drug-likeness (QED) is 0.612. The van der Waals surface area contributed by atoms with E-state index in [2.05, 4.69) is 4.99 Å². The molecule has 0 aliphatic heterocycles. The van der Waals surface area contributed by atoms with E-state index in [-0.39, 0.29) is 11.5 Å². The largest absolute Gasteiger partial charge is 0.448 e. The van der Waals surface area contributed by atoms with Crippen LogP contribution in [-0.2, 0) is 15.1 Å². The van der Waals surface area contributed by atoms with Crippen LogP contribution in [0.25, 0.3) is 0 Å². The molecule has 116 valence electrons. The van der Waals surface area contributed by atoms with Crippen molar-refractivity contribution in [3.8, 4) is 0 Å². The Bertz CT molecular complexity index is 506. The van der Waals surface area contributed by atoms with Crippen LogP contribution in [0.15, 0.2) is 35.3 Å². The molecule has 3 heteroatoms. The van der Waals surface area contributed by atoms with Crippen molar-refractivity contribution in [1.82, 2.24) is 0 Å². The molecule has 0 bridgehead atoms. The molecule has 1 aromatic rings. The zero-order valence-corrected chi connectivity index (χ0v) is 14.2. The van der Waals surface area contributed by atoms with Crippen molar-refractivity contribution in [2.45, 2.75) is 59.6 Å². The van der Waals surface area contributed by atoms with Gasteiger partial charge in [0.05, 0.1) is 11.0 Å². The Balaban J connectivity index is 3.18. The minimum Gasteiger partial charge on any atom is -0.448 e. The first-order valence-electron chi connectivity index (χ1n) is 7.29. The third-order valence-corrected chi connectivity index (χ3v) is 2.96. The zero-order chi connectivity index (χ0) is 16.3. The maximum Gasteiger partial charge on any atom is 0.312 e. The standard InChI is InChI=1S/C18H27NO2/c1-16(2,3)15(20)21-18(7,13-19-17(4,5)6)14-11-9-8-10-12-14/h8-13H,1-7H3. The molecule has 3 nitrogen and oxygen atoms in total. The first-order valence-corrected chi connectivity index (χ1v) is 7.29. The van der Waals surface area contributed by atoms with Gasteiger partial charge in [-0.05, 0) is 48.5 Å². The third-order valence-electron chi connectivity index (χ3n) is 2.96. The monoisotopic (exact) mass is 289 g/mol. The third kappa shape index (κ3) is 5.33. The van der Waals surface area contributed by atoms with Gasteiger partial charge in [-0.2, -0.15) is 0 Å². The number of benzene rings is 1. The fourth-order valence-corrected chi connectivity index (χ4v) is 1.59. The van der Waals surface area contributed by atoms with Gasteiger partial charge in [0, 0.05) is 11.8 Å². The summed E-state index contributed by atoms with van der Waals surface area (Å²) in [5.41, 5.74) is -0.718. The summed E-state index contributed by atoms with van der Waals surface area (Å²) in [6, 6.07) is 9.71. The van der Waals surface area contributed by atoms with E-state index in [1.165, 1.54) is 0 Å². The van der Waals surface area contributed by atoms with E-state index in [1.807, 2.05) is 78.8 Å². The Kier molecular flexibility index (Phi) is 4.98. The van der Waals surface area contributed by atoms with Crippen molar-refractivity contribution < 1.29 is 9.53 Å². The number of hydrogen-bond acceptors (Lipinski definition) is 3. The van der Waals surface area contributed by atoms with Crippen LogP contribution in [-0.4, -0.2) is 17.7 Å². The molecular formula is C18H27NO2. The zero-order valence-electron chi connectivity index (χ0n) is 14.2. The van der Waals surface area contributed by atoms with Crippen molar-refractivity contribution in [2.24, 2.45) is 10.4 Å². The van der Waals surface area contributed by atoms with Crippen LogP contribution in [0.3, 0.4) is 0 Å². The Morgan fingerprint density at radius 2 is 1.52 bits per heavy atom. The number of esters is 1. The van der Waals surface area contributed by atoms with E-state index in [9.17, 15) is 4.79 Å². The maximum absolute atomic E-state index is 12.3. The Hall–Kier alpha value is -1.64. The van der Waals surface area contributed by atoms with Crippen molar-refractivity contribution in [1.29, 1.82) is 0 Å². The number of hydrogen-bond donors (Lipinski definition) is 0. The molecule has 0 aliphatic rings. The van der Waals surface area contributed by atoms with Gasteiger partial charge in [-0.1, -0.05) is 30.3 Å². The predicted molar refractivity (Wildman–Crippen MR) is 87.6 cm³/mol. The number of carbonyl (C=O) groups is 1. The molecule has 1 unspecified atom stereocenters. The topological polar surface area (TPSA) is 38.7 Å². The number of ether oxygens (including phenoxy) is 1. The molecule has 0 aromatic heterocycles. The number of rotatable bonds is 3. The van der Waals surface area contributed by atoms with Crippen LogP contribution in [0.1, 0.15) is 54.0 Å². The highest BCUT2D eigenvalue weighted by Crippen LogP contribution is 2.28. The van der Waals surface area contributed by atoms with Gasteiger partial charge in [-0.3, -0.25) is 9.79 Å². The van der Waals surface area contributed by atoms with Gasteiger partial charge in [-0.25, -0.2) is 0 Å². The molecule has 0 heterocycles. The number of nitrogens with zero attached hydrogens (tertiary/aromatic N) is 1. The maximum atomic E-state index is 12.3. The second-order valence-corrected chi connectivity index (χ2v) is 7.54. The summed E-state index contributed by atoms with van der Waals surface area (Å²) < 4.78 is 5.80. The van der Waals surface area contributed by atoms with E-state index in [1.54, 1.807) is 6.21 Å². The smallest absolute Gasteiger partial charge is 0.312 e. The predicted octanol–water partition coefficient (Wildman–Crippen LogP) is 4.36. The molecule has 0 saturated heterocycles. The fourth-order valence-electron chi connectivity index (χ4n) is 1.59. The summed E-state index contributed by atoms with van der Waals surface area (Å²) >= 11 is 0. The van der Waals surface area contributed by atoms with E-state index in [0.717, 1.165) is 5.56 Å². The van der Waals surface area contributed by atoms with Gasteiger partial charge in [0.15, 0.2) is 5.60 Å². The normalized spacial score (nSPS) is 15.8. The average Bonchev–Trinajstić information content (AvgIpc) is 2.35. The summed E-state index contributed by atoms with van der Waals surface area (Å²) in [4.78, 5) is 16.8. The second-order valence-electron chi connectivity index (χ2n) is 7.54. The Morgan fingerprint density at radius 1 is 1.00 bits per heavy atom. The summed E-state index contributed by atoms with van der Waals surface area (Å²) in [6.07, 6.45) is 1.74. The van der Waals surface area contributed by atoms with Crippen molar-refractivity contribution >= 4 is 12.2 Å². The van der Waals surface area contributed by atoms with Crippen LogP contribution < -0.4 is 0 Å². The summed E-state index contributed by atoms with van der Waals surface area (Å²) in [7, 11) is 0. The number of aliphatic imine (C=N–C) groups is 1. The SMILES string of the molecule is CC(C)(C)N=CC(C)(OC(=O)C(C)(C)C)c1ccccc1. The van der Waals surface area contributed by atoms with Crippen LogP contribution in [0, 0.1) is 5.41 Å². The molecule has 0 aliphatic carbocycles. The molecular weight excluding hydrogens is 262 g/mol. The van der Waals surface area contributed by atoms with Gasteiger partial charge in [0.1, 0.15) is 0 Å². The van der Waals surface area contributed by atoms with E-state index < -0.39 is 11.0 Å².